The van der Waals surface area contributed by atoms with Gasteiger partial charge in [-0.3, -0.25) is 4.79 Å². The largest absolute Gasteiger partial charge is 0.481 e. The van der Waals surface area contributed by atoms with E-state index in [1.807, 2.05) is 0 Å². The monoisotopic (exact) mass is 360 g/mol. The summed E-state index contributed by atoms with van der Waals surface area (Å²) < 4.78 is 10.9. The highest BCUT2D eigenvalue weighted by Crippen LogP contribution is 2.35. The summed E-state index contributed by atoms with van der Waals surface area (Å²) >= 11 is 0. The Morgan fingerprint density at radius 1 is 1.23 bits per heavy atom. The van der Waals surface area contributed by atoms with Crippen molar-refractivity contribution >= 4 is 29.4 Å². The number of urea groups is 1. The second kappa shape index (κ2) is 5.79. The van der Waals surface area contributed by atoms with Crippen LogP contribution in [-0.2, 0) is 9.53 Å². The van der Waals surface area contributed by atoms with Crippen LogP contribution in [0.1, 0.15) is 6.42 Å². The Morgan fingerprint density at radius 2 is 2.04 bits per heavy atom. The Labute approximate surface area is 150 Å². The molecule has 0 saturated carbocycles. The third kappa shape index (κ3) is 2.69. The lowest BCUT2D eigenvalue weighted by Crippen LogP contribution is -2.40. The predicted octanol–water partition coefficient (Wildman–Crippen LogP) is 1.10. The highest BCUT2D eigenvalue weighted by Gasteiger charge is 2.49. The molecule has 0 bridgehead atoms. The number of ether oxygens (including phenoxy) is 2. The number of nitrogens with zero attached hydrogens (tertiary/aromatic N) is 3. The number of carbonyl (C=O) groups is 3. The van der Waals surface area contributed by atoms with Crippen LogP contribution < -0.4 is 15.0 Å². The molecule has 2 saturated heterocycles. The van der Waals surface area contributed by atoms with E-state index in [1.54, 1.807) is 37.2 Å². The van der Waals surface area contributed by atoms with Crippen molar-refractivity contribution in [2.75, 3.05) is 50.6 Å². The Balaban J connectivity index is 1.43. The van der Waals surface area contributed by atoms with E-state index in [1.165, 1.54) is 9.80 Å². The molecule has 1 spiro atoms. The lowest BCUT2D eigenvalue weighted by Gasteiger charge is -2.26. The van der Waals surface area contributed by atoms with Crippen LogP contribution >= 0.6 is 0 Å². The summed E-state index contributed by atoms with van der Waals surface area (Å²) in [5, 5.41) is 2.84. The van der Waals surface area contributed by atoms with E-state index >= 15 is 0 Å². The molecule has 0 unspecified atom stereocenters. The van der Waals surface area contributed by atoms with Crippen LogP contribution in [0.4, 0.5) is 21.0 Å². The number of benzene rings is 1. The standard InChI is InChI=1S/C17H20N4O5/c1-19-9-17(26-16(19)24)5-6-21(10-17)15(23)18-11-3-4-12-13(7-11)25-8-14(22)20(12)2/h3-4,7H,5-6,8-10H2,1-2H3,(H,18,23)/t17-/m1/s1. The third-order valence-corrected chi connectivity index (χ3v) is 5.04. The molecule has 3 aliphatic heterocycles. The molecule has 1 aromatic carbocycles. The number of carbonyl (C=O) groups excluding carboxylic acids is 3. The Kier molecular flexibility index (Phi) is 3.67. The van der Waals surface area contributed by atoms with Crippen molar-refractivity contribution in [2.45, 2.75) is 12.0 Å². The topological polar surface area (TPSA) is 91.4 Å². The van der Waals surface area contributed by atoms with Crippen molar-refractivity contribution in [1.82, 2.24) is 9.80 Å². The molecular formula is C17H20N4O5. The number of likely N-dealkylation sites (N-methyl/N-ethyl adjacent to an activating group) is 2. The molecule has 138 valence electrons. The smallest absolute Gasteiger partial charge is 0.410 e. The van der Waals surface area contributed by atoms with E-state index in [9.17, 15) is 14.4 Å². The molecule has 1 N–H and O–H groups in total. The minimum Gasteiger partial charge on any atom is -0.481 e. The van der Waals surface area contributed by atoms with Crippen LogP contribution in [-0.4, -0.2) is 73.8 Å². The first-order valence-corrected chi connectivity index (χ1v) is 8.40. The van der Waals surface area contributed by atoms with E-state index in [4.69, 9.17) is 9.47 Å². The minimum absolute atomic E-state index is 0.0194. The van der Waals surface area contributed by atoms with Crippen molar-refractivity contribution in [2.24, 2.45) is 0 Å². The van der Waals surface area contributed by atoms with E-state index < -0.39 is 5.60 Å². The van der Waals surface area contributed by atoms with E-state index in [0.29, 0.717) is 43.2 Å². The summed E-state index contributed by atoms with van der Waals surface area (Å²) in [6, 6.07) is 4.91. The molecule has 9 heteroatoms. The molecular weight excluding hydrogens is 340 g/mol. The molecule has 2 fully saturated rings. The number of likely N-dealkylation sites (tertiary alicyclic amines) is 1. The number of hydrogen-bond donors (Lipinski definition) is 1. The Morgan fingerprint density at radius 3 is 2.77 bits per heavy atom. The zero-order valence-corrected chi connectivity index (χ0v) is 14.7. The van der Waals surface area contributed by atoms with Gasteiger partial charge in [-0.1, -0.05) is 0 Å². The second-order valence-corrected chi connectivity index (χ2v) is 6.93. The molecule has 9 nitrogen and oxygen atoms in total. The summed E-state index contributed by atoms with van der Waals surface area (Å²) in [5.41, 5.74) is 0.642. The van der Waals surface area contributed by atoms with Gasteiger partial charge in [0.25, 0.3) is 5.91 Å². The van der Waals surface area contributed by atoms with E-state index in [-0.39, 0.29) is 24.6 Å². The lowest BCUT2D eigenvalue weighted by molar-refractivity contribution is -0.120. The summed E-state index contributed by atoms with van der Waals surface area (Å²) in [6.45, 7) is 1.36. The van der Waals surface area contributed by atoms with Crippen molar-refractivity contribution in [3.63, 3.8) is 0 Å². The first-order valence-electron chi connectivity index (χ1n) is 8.40. The number of hydrogen-bond acceptors (Lipinski definition) is 5. The Hall–Kier alpha value is -2.97. The van der Waals surface area contributed by atoms with Crippen LogP contribution in [0.5, 0.6) is 5.75 Å². The summed E-state index contributed by atoms with van der Waals surface area (Å²) in [6.07, 6.45) is 0.272. The maximum absolute atomic E-state index is 12.6. The van der Waals surface area contributed by atoms with Gasteiger partial charge in [-0.15, -0.1) is 0 Å². The molecule has 3 aliphatic rings. The molecule has 1 aromatic rings. The van der Waals surface area contributed by atoms with Crippen LogP contribution in [0.3, 0.4) is 0 Å². The number of fused-ring (bicyclic) bond motifs is 1. The second-order valence-electron chi connectivity index (χ2n) is 6.93. The number of anilines is 2. The number of nitrogens with one attached hydrogen (secondary N) is 1. The predicted molar refractivity (Wildman–Crippen MR) is 92.4 cm³/mol. The van der Waals surface area contributed by atoms with Crippen molar-refractivity contribution < 1.29 is 23.9 Å². The zero-order chi connectivity index (χ0) is 18.5. The summed E-state index contributed by atoms with van der Waals surface area (Å²) in [4.78, 5) is 40.5. The molecule has 0 aliphatic carbocycles. The van der Waals surface area contributed by atoms with Gasteiger partial charge in [0.1, 0.15) is 5.75 Å². The third-order valence-electron chi connectivity index (χ3n) is 5.04. The maximum atomic E-state index is 12.6. The minimum atomic E-state index is -0.606. The van der Waals surface area contributed by atoms with Gasteiger partial charge in [-0.05, 0) is 12.1 Å². The average Bonchev–Trinajstić information content (AvgIpc) is 3.14. The van der Waals surface area contributed by atoms with Crippen molar-refractivity contribution in [3.05, 3.63) is 18.2 Å². The molecule has 4 amide bonds. The van der Waals surface area contributed by atoms with Crippen LogP contribution in [0, 0.1) is 0 Å². The molecule has 1 atom stereocenters. The quantitative estimate of drug-likeness (QED) is 0.810. The van der Waals surface area contributed by atoms with Gasteiger partial charge in [-0.25, -0.2) is 9.59 Å². The summed E-state index contributed by atoms with van der Waals surface area (Å²) in [5.74, 6) is 0.432. The molecule has 0 radical (unpaired) electrons. The summed E-state index contributed by atoms with van der Waals surface area (Å²) in [7, 11) is 3.38. The van der Waals surface area contributed by atoms with E-state index in [0.717, 1.165) is 0 Å². The van der Waals surface area contributed by atoms with Crippen molar-refractivity contribution in [1.29, 1.82) is 0 Å². The van der Waals surface area contributed by atoms with E-state index in [2.05, 4.69) is 5.32 Å². The molecule has 3 heterocycles. The lowest BCUT2D eigenvalue weighted by atomic mass is 10.0. The number of rotatable bonds is 1. The van der Waals surface area contributed by atoms with Gasteiger partial charge >= 0.3 is 12.1 Å². The van der Waals surface area contributed by atoms with Crippen LogP contribution in [0.25, 0.3) is 0 Å². The van der Waals surface area contributed by atoms with Crippen molar-refractivity contribution in [3.8, 4) is 5.75 Å². The van der Waals surface area contributed by atoms with Gasteiger partial charge in [0.2, 0.25) is 0 Å². The van der Waals surface area contributed by atoms with Gasteiger partial charge in [0.05, 0.1) is 18.8 Å². The first-order chi connectivity index (χ1) is 12.4. The van der Waals surface area contributed by atoms with Gasteiger partial charge < -0.3 is 29.5 Å². The normalized spacial score (nSPS) is 24.6. The fourth-order valence-electron chi connectivity index (χ4n) is 3.58. The average molecular weight is 360 g/mol. The van der Waals surface area contributed by atoms with Gasteiger partial charge in [0, 0.05) is 38.8 Å². The maximum Gasteiger partial charge on any atom is 0.410 e. The fourth-order valence-corrected chi connectivity index (χ4v) is 3.58. The SMILES string of the molecule is CN1C[C@@]2(CCN(C(=O)Nc3ccc4c(c3)OCC(=O)N4C)C2)OC1=O. The molecule has 26 heavy (non-hydrogen) atoms. The highest BCUT2D eigenvalue weighted by atomic mass is 16.6. The number of amides is 4. The van der Waals surface area contributed by atoms with Gasteiger partial charge in [0.15, 0.2) is 12.2 Å². The highest BCUT2D eigenvalue weighted by molar-refractivity contribution is 5.98. The zero-order valence-electron chi connectivity index (χ0n) is 14.7. The Bertz CT molecular complexity index is 797. The fraction of sp³-hybridized carbons (Fsp3) is 0.471. The molecule has 4 rings (SSSR count). The van der Waals surface area contributed by atoms with Crippen LogP contribution in [0.15, 0.2) is 18.2 Å². The van der Waals surface area contributed by atoms with Crippen LogP contribution in [0.2, 0.25) is 0 Å². The first kappa shape index (κ1) is 16.5. The molecule has 0 aromatic heterocycles. The van der Waals surface area contributed by atoms with Gasteiger partial charge in [-0.2, -0.15) is 0 Å².